The van der Waals surface area contributed by atoms with Crippen molar-refractivity contribution >= 4 is 33.2 Å². The van der Waals surface area contributed by atoms with E-state index in [0.29, 0.717) is 29.4 Å². The maximum absolute atomic E-state index is 12.9. The van der Waals surface area contributed by atoms with Crippen molar-refractivity contribution in [2.45, 2.75) is 37.9 Å². The van der Waals surface area contributed by atoms with Crippen molar-refractivity contribution in [3.8, 4) is 0 Å². The summed E-state index contributed by atoms with van der Waals surface area (Å²) >= 11 is 6.15. The van der Waals surface area contributed by atoms with Crippen molar-refractivity contribution in [1.29, 1.82) is 0 Å². The van der Waals surface area contributed by atoms with Crippen LogP contribution in [0.15, 0.2) is 47.4 Å². The summed E-state index contributed by atoms with van der Waals surface area (Å²) < 4.78 is 32.8. The van der Waals surface area contributed by atoms with Crippen molar-refractivity contribution in [3.05, 3.63) is 58.6 Å². The van der Waals surface area contributed by atoms with E-state index >= 15 is 0 Å². The molecule has 0 aromatic heterocycles. The molecule has 8 heteroatoms. The molecule has 0 bridgehead atoms. The topological polar surface area (TPSA) is 75.7 Å². The van der Waals surface area contributed by atoms with Crippen molar-refractivity contribution < 1.29 is 17.9 Å². The minimum atomic E-state index is -3.64. The number of nitrogens with one attached hydrogen (secondary N) is 1. The Hall–Kier alpha value is -1.93. The third kappa shape index (κ3) is 4.55. The Labute approximate surface area is 170 Å². The van der Waals surface area contributed by atoms with Crippen molar-refractivity contribution in [2.24, 2.45) is 0 Å². The summed E-state index contributed by atoms with van der Waals surface area (Å²) in [5.74, 6) is -0.358. The number of carbonyl (C=O) groups excluding carboxylic acids is 1. The van der Waals surface area contributed by atoms with Gasteiger partial charge in [0.2, 0.25) is 10.0 Å². The van der Waals surface area contributed by atoms with Gasteiger partial charge in [-0.2, -0.15) is 4.31 Å². The van der Waals surface area contributed by atoms with Crippen LogP contribution in [0.5, 0.6) is 0 Å². The molecular weight excluding hydrogens is 400 g/mol. The summed E-state index contributed by atoms with van der Waals surface area (Å²) in [5.41, 5.74) is 1.84. The zero-order valence-electron chi connectivity index (χ0n) is 16.0. The second kappa shape index (κ2) is 8.21. The van der Waals surface area contributed by atoms with Gasteiger partial charge in [-0.05, 0) is 62.7 Å². The van der Waals surface area contributed by atoms with E-state index in [9.17, 15) is 13.2 Å². The highest BCUT2D eigenvalue weighted by Crippen LogP contribution is 2.24. The fourth-order valence-corrected chi connectivity index (χ4v) is 5.04. The Morgan fingerprint density at radius 2 is 1.71 bits per heavy atom. The number of aryl methyl sites for hydroxylation is 1. The molecule has 2 aromatic carbocycles. The lowest BCUT2D eigenvalue weighted by Crippen LogP contribution is -2.48. The number of carbonyl (C=O) groups is 1. The van der Waals surface area contributed by atoms with Crippen LogP contribution in [0.3, 0.4) is 0 Å². The number of amides is 1. The first kappa shape index (κ1) is 20.8. The molecule has 6 nitrogen and oxygen atoms in total. The first-order valence-corrected chi connectivity index (χ1v) is 10.8. The predicted molar refractivity (Wildman–Crippen MR) is 109 cm³/mol. The van der Waals surface area contributed by atoms with Crippen LogP contribution in [-0.4, -0.2) is 43.9 Å². The van der Waals surface area contributed by atoms with Gasteiger partial charge in [-0.3, -0.25) is 4.79 Å². The standard InChI is InChI=1S/C20H23ClN2O4S/c1-13-4-9-19(18(21)10-13)22-20(24)16-5-7-17(8-6-16)28(25,26)23-11-14(2)27-15(3)12-23/h4-10,14-15H,11-12H2,1-3H3,(H,22,24)/t14-,15-/m1/s1. The number of rotatable bonds is 4. The van der Waals surface area contributed by atoms with Crippen LogP contribution in [0.4, 0.5) is 5.69 Å². The molecule has 1 heterocycles. The van der Waals surface area contributed by atoms with E-state index in [0.717, 1.165) is 5.56 Å². The Kier molecular flexibility index (Phi) is 6.09. The van der Waals surface area contributed by atoms with E-state index in [4.69, 9.17) is 16.3 Å². The van der Waals surface area contributed by atoms with Gasteiger partial charge < -0.3 is 10.1 Å². The molecule has 2 atom stereocenters. The van der Waals surface area contributed by atoms with Crippen molar-refractivity contribution in [2.75, 3.05) is 18.4 Å². The number of sulfonamides is 1. The summed E-state index contributed by atoms with van der Waals surface area (Å²) in [6, 6.07) is 11.2. The predicted octanol–water partition coefficient (Wildman–Crippen LogP) is 3.70. The van der Waals surface area contributed by atoms with E-state index in [1.54, 1.807) is 12.1 Å². The lowest BCUT2D eigenvalue weighted by molar-refractivity contribution is -0.0440. The Balaban J connectivity index is 1.76. The molecule has 3 rings (SSSR count). The van der Waals surface area contributed by atoms with Crippen LogP contribution in [-0.2, 0) is 14.8 Å². The molecule has 1 fully saturated rings. The normalized spacial score (nSPS) is 20.7. The Morgan fingerprint density at radius 3 is 2.29 bits per heavy atom. The third-order valence-corrected chi connectivity index (χ3v) is 6.67. The van der Waals surface area contributed by atoms with Crippen molar-refractivity contribution in [3.63, 3.8) is 0 Å². The first-order valence-electron chi connectivity index (χ1n) is 9.00. The molecule has 1 aliphatic rings. The van der Waals surface area contributed by atoms with Gasteiger partial charge >= 0.3 is 0 Å². The van der Waals surface area contributed by atoms with Gasteiger partial charge in [-0.25, -0.2) is 8.42 Å². The van der Waals surface area contributed by atoms with Gasteiger partial charge in [-0.1, -0.05) is 17.7 Å². The van der Waals surface area contributed by atoms with Crippen LogP contribution in [0.1, 0.15) is 29.8 Å². The fraction of sp³-hybridized carbons (Fsp3) is 0.350. The molecule has 0 spiro atoms. The number of morpholine rings is 1. The molecule has 0 unspecified atom stereocenters. The number of anilines is 1. The number of ether oxygens (including phenoxy) is 1. The highest BCUT2D eigenvalue weighted by atomic mass is 35.5. The molecule has 150 valence electrons. The summed E-state index contributed by atoms with van der Waals surface area (Å²) in [6.07, 6.45) is -0.328. The first-order chi connectivity index (χ1) is 13.2. The van der Waals surface area contributed by atoms with Crippen LogP contribution in [0.2, 0.25) is 5.02 Å². The molecular formula is C20H23ClN2O4S. The summed E-state index contributed by atoms with van der Waals surface area (Å²) in [6.45, 7) is 6.22. The van der Waals surface area contributed by atoms with Gasteiger partial charge in [0, 0.05) is 18.7 Å². The van der Waals surface area contributed by atoms with E-state index in [2.05, 4.69) is 5.32 Å². The van der Waals surface area contributed by atoms with E-state index < -0.39 is 10.0 Å². The minimum Gasteiger partial charge on any atom is -0.373 e. The molecule has 1 aliphatic heterocycles. The SMILES string of the molecule is Cc1ccc(NC(=O)c2ccc(S(=O)(=O)N3C[C@@H](C)O[C@H](C)C3)cc2)c(Cl)c1. The van der Waals surface area contributed by atoms with Crippen LogP contribution in [0, 0.1) is 6.92 Å². The Bertz CT molecular complexity index is 966. The monoisotopic (exact) mass is 422 g/mol. The number of halogens is 1. The quantitative estimate of drug-likeness (QED) is 0.815. The largest absolute Gasteiger partial charge is 0.373 e. The second-order valence-electron chi connectivity index (χ2n) is 7.04. The van der Waals surface area contributed by atoms with Gasteiger partial charge in [0.05, 0.1) is 27.8 Å². The highest BCUT2D eigenvalue weighted by molar-refractivity contribution is 7.89. The Morgan fingerprint density at radius 1 is 1.11 bits per heavy atom. The third-order valence-electron chi connectivity index (χ3n) is 4.51. The van der Waals surface area contributed by atoms with E-state index in [1.807, 2.05) is 26.8 Å². The molecule has 0 aliphatic carbocycles. The molecule has 1 amide bonds. The average molecular weight is 423 g/mol. The zero-order chi connectivity index (χ0) is 20.5. The smallest absolute Gasteiger partial charge is 0.255 e. The molecule has 1 N–H and O–H groups in total. The molecule has 28 heavy (non-hydrogen) atoms. The minimum absolute atomic E-state index is 0.152. The number of benzene rings is 2. The van der Waals surface area contributed by atoms with E-state index in [-0.39, 0.29) is 23.0 Å². The summed E-state index contributed by atoms with van der Waals surface area (Å²) in [5, 5.41) is 3.19. The van der Waals surface area contributed by atoms with Crippen LogP contribution < -0.4 is 5.32 Å². The second-order valence-corrected chi connectivity index (χ2v) is 9.39. The average Bonchev–Trinajstić information content (AvgIpc) is 2.63. The molecule has 0 saturated carbocycles. The number of nitrogens with zero attached hydrogens (tertiary/aromatic N) is 1. The van der Waals surface area contributed by atoms with Gasteiger partial charge in [0.1, 0.15) is 0 Å². The van der Waals surface area contributed by atoms with Crippen molar-refractivity contribution in [1.82, 2.24) is 4.31 Å². The van der Waals surface area contributed by atoms with Gasteiger partial charge in [0.15, 0.2) is 0 Å². The summed E-state index contributed by atoms with van der Waals surface area (Å²) in [4.78, 5) is 12.6. The van der Waals surface area contributed by atoms with Gasteiger partial charge in [0.25, 0.3) is 5.91 Å². The van der Waals surface area contributed by atoms with E-state index in [1.165, 1.54) is 28.6 Å². The molecule has 0 radical (unpaired) electrons. The summed E-state index contributed by atoms with van der Waals surface area (Å²) in [7, 11) is -3.64. The molecule has 2 aromatic rings. The molecule has 1 saturated heterocycles. The van der Waals surface area contributed by atoms with Crippen LogP contribution in [0.25, 0.3) is 0 Å². The van der Waals surface area contributed by atoms with Gasteiger partial charge in [-0.15, -0.1) is 0 Å². The van der Waals surface area contributed by atoms with Crippen LogP contribution >= 0.6 is 11.6 Å². The maximum atomic E-state index is 12.9. The fourth-order valence-electron chi connectivity index (χ4n) is 3.17. The maximum Gasteiger partial charge on any atom is 0.255 e. The lowest BCUT2D eigenvalue weighted by atomic mass is 10.2. The number of hydrogen-bond acceptors (Lipinski definition) is 4. The lowest BCUT2D eigenvalue weighted by Gasteiger charge is -2.34. The number of hydrogen-bond donors (Lipinski definition) is 1. The zero-order valence-corrected chi connectivity index (χ0v) is 17.5. The highest BCUT2D eigenvalue weighted by Gasteiger charge is 2.32.